The van der Waals surface area contributed by atoms with E-state index in [0.717, 1.165) is 22.0 Å². The number of carbonyl (C=O) groups excluding carboxylic acids is 2. The van der Waals surface area contributed by atoms with Crippen molar-refractivity contribution in [1.82, 2.24) is 10.3 Å². The molecule has 4 N–H and O–H groups in total. The topological polar surface area (TPSA) is 111 Å². The summed E-state index contributed by atoms with van der Waals surface area (Å²) < 4.78 is 0. The lowest BCUT2D eigenvalue weighted by Gasteiger charge is -2.16. The summed E-state index contributed by atoms with van der Waals surface area (Å²) in [4.78, 5) is 40.7. The van der Waals surface area contributed by atoms with E-state index in [1.807, 2.05) is 43.3 Å². The van der Waals surface area contributed by atoms with Crippen LogP contribution in [-0.2, 0) is 11.2 Å². The van der Waals surface area contributed by atoms with Crippen LogP contribution in [0.25, 0.3) is 10.9 Å². The minimum Gasteiger partial charge on any atom is -0.480 e. The van der Waals surface area contributed by atoms with Gasteiger partial charge in [-0.05, 0) is 42.8 Å². The zero-order chi connectivity index (χ0) is 23.4. The van der Waals surface area contributed by atoms with E-state index >= 15 is 0 Å². The molecule has 2 amide bonds. The van der Waals surface area contributed by atoms with Gasteiger partial charge in [0, 0.05) is 29.1 Å². The van der Waals surface area contributed by atoms with Crippen LogP contribution in [0.15, 0.2) is 79.0 Å². The molecule has 7 heteroatoms. The van der Waals surface area contributed by atoms with Crippen molar-refractivity contribution in [3.05, 3.63) is 101 Å². The number of carbonyl (C=O) groups is 3. The van der Waals surface area contributed by atoms with Gasteiger partial charge in [0.05, 0.1) is 11.3 Å². The van der Waals surface area contributed by atoms with E-state index in [1.54, 1.807) is 42.6 Å². The van der Waals surface area contributed by atoms with Gasteiger partial charge in [-0.2, -0.15) is 0 Å². The Morgan fingerprint density at radius 2 is 1.61 bits per heavy atom. The van der Waals surface area contributed by atoms with Crippen molar-refractivity contribution in [1.29, 1.82) is 0 Å². The maximum absolute atomic E-state index is 13.0. The second kappa shape index (κ2) is 9.40. The lowest BCUT2D eigenvalue weighted by atomic mass is 10.0. The van der Waals surface area contributed by atoms with Crippen molar-refractivity contribution in [2.45, 2.75) is 19.4 Å². The molecule has 0 unspecified atom stereocenters. The average molecular weight is 441 g/mol. The minimum absolute atomic E-state index is 0.114. The second-order valence-electron chi connectivity index (χ2n) is 7.79. The van der Waals surface area contributed by atoms with Gasteiger partial charge in [0.1, 0.15) is 6.04 Å². The number of aromatic nitrogens is 1. The number of carboxylic acids is 1. The third-order valence-electron chi connectivity index (χ3n) is 5.44. The predicted molar refractivity (Wildman–Crippen MR) is 126 cm³/mol. The number of hydrogen-bond acceptors (Lipinski definition) is 3. The first-order chi connectivity index (χ1) is 15.9. The number of fused-ring (bicyclic) bond motifs is 1. The molecule has 0 aliphatic carbocycles. The number of aromatic amines is 1. The van der Waals surface area contributed by atoms with E-state index < -0.39 is 17.9 Å². The average Bonchev–Trinajstić information content (AvgIpc) is 3.22. The zero-order valence-electron chi connectivity index (χ0n) is 18.0. The first kappa shape index (κ1) is 21.8. The normalized spacial score (nSPS) is 11.7. The number of anilines is 1. The van der Waals surface area contributed by atoms with E-state index in [1.165, 1.54) is 0 Å². The number of amides is 2. The summed E-state index contributed by atoms with van der Waals surface area (Å²) in [5.74, 6) is -2.08. The van der Waals surface area contributed by atoms with E-state index in [4.69, 9.17) is 0 Å². The molecule has 3 aromatic carbocycles. The molecule has 4 rings (SSSR count). The molecule has 0 saturated heterocycles. The van der Waals surface area contributed by atoms with Crippen molar-refractivity contribution in [3.63, 3.8) is 0 Å². The van der Waals surface area contributed by atoms with Crippen LogP contribution in [0.3, 0.4) is 0 Å². The Morgan fingerprint density at radius 1 is 0.909 bits per heavy atom. The summed E-state index contributed by atoms with van der Waals surface area (Å²) in [7, 11) is 0. The molecule has 166 valence electrons. The Morgan fingerprint density at radius 3 is 2.36 bits per heavy atom. The van der Waals surface area contributed by atoms with Gasteiger partial charge in [-0.25, -0.2) is 4.79 Å². The maximum Gasteiger partial charge on any atom is 0.326 e. The standard InChI is InChI=1S/C26H23N3O4/c1-16-10-12-17(13-11-16)24(30)28-22-9-5-3-7-20(22)25(31)29-23(26(32)33)14-18-15-27-21-8-4-2-6-19(18)21/h2-13,15,23,27H,14H2,1H3,(H,28,30)(H,29,31)(H,32,33)/t23-/m1/s1. The van der Waals surface area contributed by atoms with Crippen LogP contribution in [0.4, 0.5) is 5.69 Å². The molecule has 1 aromatic heterocycles. The van der Waals surface area contributed by atoms with Gasteiger partial charge in [-0.1, -0.05) is 48.0 Å². The van der Waals surface area contributed by atoms with Crippen LogP contribution >= 0.6 is 0 Å². The smallest absolute Gasteiger partial charge is 0.326 e. The summed E-state index contributed by atoms with van der Waals surface area (Å²) in [5.41, 5.74) is 3.66. The predicted octanol–water partition coefficient (Wildman–Crippen LogP) is 4.15. The number of hydrogen-bond donors (Lipinski definition) is 4. The van der Waals surface area contributed by atoms with E-state index in [9.17, 15) is 19.5 Å². The van der Waals surface area contributed by atoms with Crippen molar-refractivity contribution in [3.8, 4) is 0 Å². The highest BCUT2D eigenvalue weighted by molar-refractivity contribution is 6.09. The number of aliphatic carboxylic acids is 1. The molecular formula is C26H23N3O4. The van der Waals surface area contributed by atoms with Gasteiger partial charge >= 0.3 is 5.97 Å². The fraction of sp³-hybridized carbons (Fsp3) is 0.115. The van der Waals surface area contributed by atoms with Crippen LogP contribution in [0, 0.1) is 6.92 Å². The van der Waals surface area contributed by atoms with Crippen LogP contribution in [0.2, 0.25) is 0 Å². The quantitative estimate of drug-likeness (QED) is 0.345. The first-order valence-corrected chi connectivity index (χ1v) is 10.5. The Balaban J connectivity index is 1.52. The molecule has 0 spiro atoms. The molecule has 0 bridgehead atoms. The van der Waals surface area contributed by atoms with Crippen LogP contribution in [0.1, 0.15) is 31.8 Å². The highest BCUT2D eigenvalue weighted by Crippen LogP contribution is 2.20. The van der Waals surface area contributed by atoms with Gasteiger partial charge < -0.3 is 20.7 Å². The third-order valence-corrected chi connectivity index (χ3v) is 5.44. The summed E-state index contributed by atoms with van der Waals surface area (Å²) in [6.45, 7) is 1.93. The number of aryl methyl sites for hydroxylation is 1. The maximum atomic E-state index is 13.0. The molecule has 0 radical (unpaired) electrons. The zero-order valence-corrected chi connectivity index (χ0v) is 18.0. The Labute approximate surface area is 190 Å². The lowest BCUT2D eigenvalue weighted by Crippen LogP contribution is -2.42. The van der Waals surface area contributed by atoms with E-state index in [2.05, 4.69) is 15.6 Å². The summed E-state index contributed by atoms with van der Waals surface area (Å²) in [6, 6.07) is 20.0. The molecule has 0 aliphatic rings. The summed E-state index contributed by atoms with van der Waals surface area (Å²) >= 11 is 0. The molecule has 0 saturated carbocycles. The third kappa shape index (κ3) is 4.93. The van der Waals surface area contributed by atoms with Crippen molar-refractivity contribution >= 4 is 34.4 Å². The monoisotopic (exact) mass is 441 g/mol. The fourth-order valence-electron chi connectivity index (χ4n) is 3.65. The Bertz CT molecular complexity index is 1320. The summed E-state index contributed by atoms with van der Waals surface area (Å²) in [6.07, 6.45) is 1.87. The Kier molecular flexibility index (Phi) is 6.22. The molecule has 33 heavy (non-hydrogen) atoms. The number of nitrogens with one attached hydrogen (secondary N) is 3. The second-order valence-corrected chi connectivity index (χ2v) is 7.79. The molecular weight excluding hydrogens is 418 g/mol. The number of carboxylic acid groups (broad SMARTS) is 1. The highest BCUT2D eigenvalue weighted by Gasteiger charge is 2.24. The molecule has 0 aliphatic heterocycles. The van der Waals surface area contributed by atoms with Gasteiger partial charge in [0.25, 0.3) is 11.8 Å². The van der Waals surface area contributed by atoms with Gasteiger partial charge in [0.2, 0.25) is 0 Å². The number of rotatable bonds is 7. The highest BCUT2D eigenvalue weighted by atomic mass is 16.4. The molecule has 1 heterocycles. The van der Waals surface area contributed by atoms with Crippen molar-refractivity contribution in [2.75, 3.05) is 5.32 Å². The largest absolute Gasteiger partial charge is 0.480 e. The van der Waals surface area contributed by atoms with Gasteiger partial charge in [-0.15, -0.1) is 0 Å². The summed E-state index contributed by atoms with van der Waals surface area (Å²) in [5, 5.41) is 16.0. The molecule has 4 aromatic rings. The van der Waals surface area contributed by atoms with Crippen molar-refractivity contribution < 1.29 is 19.5 Å². The molecule has 7 nitrogen and oxygen atoms in total. The SMILES string of the molecule is Cc1ccc(C(=O)Nc2ccccc2C(=O)N[C@H](Cc2c[nH]c3ccccc23)C(=O)O)cc1. The van der Waals surface area contributed by atoms with Crippen LogP contribution in [-0.4, -0.2) is 33.9 Å². The lowest BCUT2D eigenvalue weighted by molar-refractivity contribution is -0.139. The van der Waals surface area contributed by atoms with E-state index in [-0.39, 0.29) is 17.9 Å². The van der Waals surface area contributed by atoms with Crippen molar-refractivity contribution in [2.24, 2.45) is 0 Å². The number of benzene rings is 3. The molecule has 0 fully saturated rings. The van der Waals surface area contributed by atoms with Crippen LogP contribution < -0.4 is 10.6 Å². The fourth-order valence-corrected chi connectivity index (χ4v) is 3.65. The van der Waals surface area contributed by atoms with E-state index in [0.29, 0.717) is 11.3 Å². The van der Waals surface area contributed by atoms with Crippen LogP contribution in [0.5, 0.6) is 0 Å². The van der Waals surface area contributed by atoms with Gasteiger partial charge in [0.15, 0.2) is 0 Å². The minimum atomic E-state index is -1.14. The molecule has 1 atom stereocenters. The van der Waals surface area contributed by atoms with Gasteiger partial charge in [-0.3, -0.25) is 9.59 Å². The first-order valence-electron chi connectivity index (χ1n) is 10.5. The Hall–Kier alpha value is -4.39. The number of para-hydroxylation sites is 2. The number of H-pyrrole nitrogens is 1.